The zero-order chi connectivity index (χ0) is 26.1. The number of amides is 1. The molecule has 1 unspecified atom stereocenters. The van der Waals surface area contributed by atoms with Crippen molar-refractivity contribution < 1.29 is 35.9 Å². The first-order valence-electron chi connectivity index (χ1n) is 11.6. The highest BCUT2D eigenvalue weighted by Crippen LogP contribution is 2.43. The van der Waals surface area contributed by atoms with Crippen LogP contribution >= 0.6 is 0 Å². The number of H-pyrrole nitrogens is 1. The molecule has 1 aromatic carbocycles. The van der Waals surface area contributed by atoms with Gasteiger partial charge in [0.15, 0.2) is 0 Å². The molecule has 1 amide bonds. The molecule has 1 saturated carbocycles. The van der Waals surface area contributed by atoms with Crippen LogP contribution in [0.5, 0.6) is 0 Å². The molecule has 2 heterocycles. The van der Waals surface area contributed by atoms with Crippen molar-refractivity contribution in [2.75, 3.05) is 20.3 Å². The van der Waals surface area contributed by atoms with Gasteiger partial charge in [0.25, 0.3) is 0 Å². The van der Waals surface area contributed by atoms with Crippen LogP contribution in [0.4, 0.5) is 26.3 Å². The van der Waals surface area contributed by atoms with Gasteiger partial charge in [-0.25, -0.2) is 4.98 Å². The molecule has 1 aromatic heterocycles. The fourth-order valence-electron chi connectivity index (χ4n) is 5.20. The summed E-state index contributed by atoms with van der Waals surface area (Å²) in [5.74, 6) is -0.198. The Balaban J connectivity index is 1.54. The fourth-order valence-corrected chi connectivity index (χ4v) is 5.20. The van der Waals surface area contributed by atoms with Gasteiger partial charge in [-0.15, -0.1) is 0 Å². The molecule has 2 atom stereocenters. The van der Waals surface area contributed by atoms with E-state index in [1.807, 2.05) is 7.05 Å². The van der Waals surface area contributed by atoms with Crippen LogP contribution in [0.2, 0.25) is 0 Å². The minimum Gasteiger partial charge on any atom is -0.381 e. The molecule has 1 aliphatic heterocycles. The number of benzene rings is 1. The highest BCUT2D eigenvalue weighted by Gasteiger charge is 2.50. The van der Waals surface area contributed by atoms with Crippen LogP contribution in [0.15, 0.2) is 24.5 Å². The second kappa shape index (κ2) is 10.0. The summed E-state index contributed by atoms with van der Waals surface area (Å²) in [6, 6.07) is 1.63. The van der Waals surface area contributed by atoms with Gasteiger partial charge in [-0.1, -0.05) is 0 Å². The van der Waals surface area contributed by atoms with Gasteiger partial charge in [-0.3, -0.25) is 9.89 Å². The number of carbonyl (C=O) groups is 1. The first kappa shape index (κ1) is 26.4. The minimum atomic E-state index is -4.96. The number of halogens is 6. The molecule has 4 rings (SSSR count). The maximum Gasteiger partial charge on any atom is 0.416 e. The van der Waals surface area contributed by atoms with Gasteiger partial charge in [0.05, 0.1) is 11.1 Å². The van der Waals surface area contributed by atoms with Crippen LogP contribution in [0.3, 0.4) is 0 Å². The number of aromatic nitrogens is 3. The number of hydrogen-bond donors (Lipinski definition) is 2. The number of nitrogens with one attached hydrogen (secondary N) is 2. The number of carbonyl (C=O) groups excluding carboxylic acids is 1. The summed E-state index contributed by atoms with van der Waals surface area (Å²) >= 11 is 0. The van der Waals surface area contributed by atoms with Crippen LogP contribution in [0, 0.1) is 0 Å². The quantitative estimate of drug-likeness (QED) is 0.563. The lowest BCUT2D eigenvalue weighted by molar-refractivity contribution is -0.143. The summed E-state index contributed by atoms with van der Waals surface area (Å²) in [6.45, 7) is 0.820. The zero-order valence-corrected chi connectivity index (χ0v) is 19.5. The Morgan fingerprint density at radius 2 is 1.72 bits per heavy atom. The molecule has 7 nitrogen and oxygen atoms in total. The Hall–Kier alpha value is -2.67. The van der Waals surface area contributed by atoms with E-state index in [1.54, 1.807) is 0 Å². The van der Waals surface area contributed by atoms with Gasteiger partial charge in [0, 0.05) is 31.8 Å². The molecule has 2 aromatic rings. The van der Waals surface area contributed by atoms with Gasteiger partial charge in [-0.05, 0) is 62.9 Å². The monoisotopic (exact) mass is 519 g/mol. The largest absolute Gasteiger partial charge is 0.416 e. The van der Waals surface area contributed by atoms with Crippen LogP contribution < -0.4 is 5.32 Å². The fraction of sp³-hybridized carbons (Fsp3) is 0.609. The first-order chi connectivity index (χ1) is 16.9. The third-order valence-corrected chi connectivity index (χ3v) is 7.23. The summed E-state index contributed by atoms with van der Waals surface area (Å²) in [5, 5.41) is 9.16. The number of hydrogen-bond acceptors (Lipinski definition) is 5. The molecule has 198 valence electrons. The summed E-state index contributed by atoms with van der Waals surface area (Å²) in [6.07, 6.45) is -5.47. The summed E-state index contributed by atoms with van der Waals surface area (Å²) in [5.41, 5.74) is -4.28. The average Bonchev–Trinajstić information content (AvgIpc) is 3.52. The summed E-state index contributed by atoms with van der Waals surface area (Å²) < 4.78 is 84.7. The average molecular weight is 519 g/mol. The first-order valence-corrected chi connectivity index (χ1v) is 11.6. The number of alkyl halides is 6. The van der Waals surface area contributed by atoms with Gasteiger partial charge in [0.1, 0.15) is 17.6 Å². The number of aromatic amines is 1. The van der Waals surface area contributed by atoms with Crippen LogP contribution in [-0.2, 0) is 33.8 Å². The maximum atomic E-state index is 13.5. The Morgan fingerprint density at radius 3 is 2.28 bits per heavy atom. The highest BCUT2D eigenvalue weighted by molar-refractivity contribution is 5.87. The van der Waals surface area contributed by atoms with Crippen molar-refractivity contribution in [2.45, 2.75) is 68.5 Å². The van der Waals surface area contributed by atoms with E-state index >= 15 is 0 Å². The Labute approximate surface area is 203 Å². The van der Waals surface area contributed by atoms with Gasteiger partial charge in [0.2, 0.25) is 5.91 Å². The normalized spacial score (nSPS) is 23.8. The third-order valence-electron chi connectivity index (χ3n) is 7.23. The van der Waals surface area contributed by atoms with Crippen LogP contribution in [0.1, 0.15) is 54.6 Å². The predicted molar refractivity (Wildman–Crippen MR) is 116 cm³/mol. The van der Waals surface area contributed by atoms with E-state index in [0.29, 0.717) is 56.5 Å². The summed E-state index contributed by atoms with van der Waals surface area (Å²) in [7, 11) is 2.00. The molecular weight excluding hydrogens is 492 g/mol. The minimum absolute atomic E-state index is 0.0364. The van der Waals surface area contributed by atoms with E-state index in [4.69, 9.17) is 4.74 Å². The second-order valence-corrected chi connectivity index (χ2v) is 9.42. The lowest BCUT2D eigenvalue weighted by atomic mass is 9.83. The van der Waals surface area contributed by atoms with Crippen molar-refractivity contribution in [3.8, 4) is 0 Å². The van der Waals surface area contributed by atoms with Crippen molar-refractivity contribution in [3.05, 3.63) is 47.0 Å². The number of rotatable bonds is 6. The van der Waals surface area contributed by atoms with Crippen molar-refractivity contribution in [2.24, 2.45) is 0 Å². The topological polar surface area (TPSA) is 83.1 Å². The molecular formula is C23H27F6N5O2. The lowest BCUT2D eigenvalue weighted by Gasteiger charge is -2.36. The lowest BCUT2D eigenvalue weighted by Crippen LogP contribution is -2.46. The van der Waals surface area contributed by atoms with Crippen molar-refractivity contribution in [1.82, 2.24) is 25.4 Å². The molecule has 2 N–H and O–H groups in total. The van der Waals surface area contributed by atoms with Crippen molar-refractivity contribution in [1.29, 1.82) is 0 Å². The van der Waals surface area contributed by atoms with E-state index < -0.39 is 41.3 Å². The SMILES string of the molecule is CN(C1CCOCC1)C1CC[C@@](C(=O)NCc2cc(C(F)(F)F)cc(C(F)(F)F)c2)(c2ncn[nH]2)C1. The molecule has 2 fully saturated rings. The summed E-state index contributed by atoms with van der Waals surface area (Å²) in [4.78, 5) is 19.9. The maximum absolute atomic E-state index is 13.5. The standard InChI is InChI=1S/C23H27F6N5O2/c1-34(17-3-6-36-7-4-17)18-2-5-21(11-18,19-31-13-32-33-19)20(35)30-12-14-8-15(22(24,25)26)10-16(9-14)23(27,28)29/h8-10,13,17-18H,2-7,11-12H2,1H3,(H,30,35)(H,31,32,33)/t18?,21-/m0/s1. The molecule has 36 heavy (non-hydrogen) atoms. The van der Waals surface area contributed by atoms with E-state index in [2.05, 4.69) is 25.4 Å². The smallest absolute Gasteiger partial charge is 0.381 e. The number of ether oxygens (including phenoxy) is 1. The highest BCUT2D eigenvalue weighted by atomic mass is 19.4. The van der Waals surface area contributed by atoms with Gasteiger partial charge < -0.3 is 15.0 Å². The second-order valence-electron chi connectivity index (χ2n) is 9.42. The molecule has 2 aliphatic rings. The van der Waals surface area contributed by atoms with Crippen molar-refractivity contribution >= 4 is 5.91 Å². The molecule has 1 saturated heterocycles. The molecule has 1 aliphatic carbocycles. The van der Waals surface area contributed by atoms with E-state index in [1.165, 1.54) is 6.33 Å². The van der Waals surface area contributed by atoms with Crippen LogP contribution in [-0.4, -0.2) is 58.3 Å². The van der Waals surface area contributed by atoms with Crippen LogP contribution in [0.25, 0.3) is 0 Å². The van der Waals surface area contributed by atoms with E-state index in [9.17, 15) is 31.1 Å². The molecule has 0 radical (unpaired) electrons. The third kappa shape index (κ3) is 5.51. The Morgan fingerprint density at radius 1 is 1.08 bits per heavy atom. The molecule has 0 bridgehead atoms. The van der Waals surface area contributed by atoms with E-state index in [-0.39, 0.29) is 17.7 Å². The zero-order valence-electron chi connectivity index (χ0n) is 19.5. The Bertz CT molecular complexity index is 1020. The van der Waals surface area contributed by atoms with E-state index in [0.717, 1.165) is 12.8 Å². The van der Waals surface area contributed by atoms with Gasteiger partial charge >= 0.3 is 12.4 Å². The van der Waals surface area contributed by atoms with Crippen molar-refractivity contribution in [3.63, 3.8) is 0 Å². The molecule has 0 spiro atoms. The molecule has 13 heteroatoms. The number of nitrogens with zero attached hydrogens (tertiary/aromatic N) is 3. The Kier molecular flexibility index (Phi) is 7.33. The predicted octanol–water partition coefficient (Wildman–Crippen LogP) is 4.06. The van der Waals surface area contributed by atoms with Gasteiger partial charge in [-0.2, -0.15) is 31.4 Å².